The molecule has 0 unspecified atom stereocenters. The number of benzene rings is 2. The number of hydrogen-bond acceptors (Lipinski definition) is 6. The van der Waals surface area contributed by atoms with Crippen molar-refractivity contribution in [3.63, 3.8) is 0 Å². The van der Waals surface area contributed by atoms with Crippen molar-refractivity contribution in [3.05, 3.63) is 65.2 Å². The molecule has 138 valence electrons. The van der Waals surface area contributed by atoms with Crippen LogP contribution in [0.1, 0.15) is 33.2 Å². The number of hydrogen-bond donors (Lipinski definition) is 1. The topological polar surface area (TPSA) is 98.8 Å². The summed E-state index contributed by atoms with van der Waals surface area (Å²) in [5.41, 5.74) is 1.35. The fourth-order valence-electron chi connectivity index (χ4n) is 2.13. The van der Waals surface area contributed by atoms with Crippen molar-refractivity contribution in [2.24, 2.45) is 0 Å². The fourth-order valence-corrected chi connectivity index (χ4v) is 3.17. The standard InChI is InChI=1S/C18H19NO6S/c1-3-19-26(22,23)16-10-8-15(9-11-16)18(21)25-12-13-4-6-14(7-5-13)17(20)24-2/h4-11,19H,3,12H2,1-2H3. The Morgan fingerprint density at radius 1 is 0.923 bits per heavy atom. The molecule has 0 aliphatic heterocycles. The molecule has 0 saturated heterocycles. The van der Waals surface area contributed by atoms with Crippen LogP contribution in [0.3, 0.4) is 0 Å². The van der Waals surface area contributed by atoms with Crippen LogP contribution >= 0.6 is 0 Å². The zero-order valence-corrected chi connectivity index (χ0v) is 15.2. The SMILES string of the molecule is CCNS(=O)(=O)c1ccc(C(=O)OCc2ccc(C(=O)OC)cc2)cc1. The summed E-state index contributed by atoms with van der Waals surface area (Å²) >= 11 is 0. The van der Waals surface area contributed by atoms with Gasteiger partial charge in [-0.3, -0.25) is 0 Å². The van der Waals surface area contributed by atoms with Crippen LogP contribution < -0.4 is 4.72 Å². The number of nitrogens with one attached hydrogen (secondary N) is 1. The predicted molar refractivity (Wildman–Crippen MR) is 94.2 cm³/mol. The molecule has 0 saturated carbocycles. The molecule has 0 aromatic heterocycles. The third-order valence-corrected chi connectivity index (χ3v) is 5.04. The van der Waals surface area contributed by atoms with Crippen LogP contribution in [0.25, 0.3) is 0 Å². The first-order valence-electron chi connectivity index (χ1n) is 7.81. The number of rotatable bonds is 7. The minimum Gasteiger partial charge on any atom is -0.465 e. The molecule has 26 heavy (non-hydrogen) atoms. The van der Waals surface area contributed by atoms with E-state index in [1.807, 2.05) is 0 Å². The zero-order valence-electron chi connectivity index (χ0n) is 14.4. The number of ether oxygens (including phenoxy) is 2. The summed E-state index contributed by atoms with van der Waals surface area (Å²) in [5, 5.41) is 0. The van der Waals surface area contributed by atoms with E-state index in [4.69, 9.17) is 4.74 Å². The molecule has 0 spiro atoms. The Labute approximate surface area is 152 Å². The first-order valence-corrected chi connectivity index (χ1v) is 9.30. The van der Waals surface area contributed by atoms with Gasteiger partial charge in [-0.25, -0.2) is 22.7 Å². The van der Waals surface area contributed by atoms with Crippen LogP contribution in [-0.2, 0) is 26.1 Å². The van der Waals surface area contributed by atoms with E-state index in [1.165, 1.54) is 31.4 Å². The molecule has 0 bridgehead atoms. The molecule has 0 atom stereocenters. The molecular formula is C18H19NO6S. The third kappa shape index (κ3) is 4.90. The van der Waals surface area contributed by atoms with Crippen LogP contribution in [0.15, 0.2) is 53.4 Å². The third-order valence-electron chi connectivity index (χ3n) is 3.48. The molecule has 0 amide bonds. The summed E-state index contributed by atoms with van der Waals surface area (Å²) in [4.78, 5) is 23.5. The van der Waals surface area contributed by atoms with Crippen LogP contribution in [-0.4, -0.2) is 34.0 Å². The molecule has 8 heteroatoms. The minimum atomic E-state index is -3.56. The maximum Gasteiger partial charge on any atom is 0.338 e. The van der Waals surface area contributed by atoms with Crippen molar-refractivity contribution in [1.29, 1.82) is 0 Å². The normalized spacial score (nSPS) is 11.0. The van der Waals surface area contributed by atoms with E-state index < -0.39 is 22.0 Å². The van der Waals surface area contributed by atoms with Gasteiger partial charge in [-0.15, -0.1) is 0 Å². The van der Waals surface area contributed by atoms with E-state index in [0.717, 1.165) is 0 Å². The maximum absolute atomic E-state index is 12.1. The first-order chi connectivity index (χ1) is 12.4. The van der Waals surface area contributed by atoms with Gasteiger partial charge in [0.2, 0.25) is 10.0 Å². The van der Waals surface area contributed by atoms with Crippen LogP contribution in [0.5, 0.6) is 0 Å². The summed E-state index contributed by atoms with van der Waals surface area (Å²) in [6, 6.07) is 12.0. The highest BCUT2D eigenvalue weighted by molar-refractivity contribution is 7.89. The zero-order chi connectivity index (χ0) is 19.2. The lowest BCUT2D eigenvalue weighted by Gasteiger charge is -2.07. The van der Waals surface area contributed by atoms with E-state index in [2.05, 4.69) is 9.46 Å². The fraction of sp³-hybridized carbons (Fsp3) is 0.222. The lowest BCUT2D eigenvalue weighted by molar-refractivity contribution is 0.0471. The molecule has 2 rings (SSSR count). The Hall–Kier alpha value is -2.71. The molecule has 2 aromatic carbocycles. The molecule has 0 aliphatic carbocycles. The largest absolute Gasteiger partial charge is 0.465 e. The summed E-state index contributed by atoms with van der Waals surface area (Å²) < 4.78 is 35.9. The highest BCUT2D eigenvalue weighted by Gasteiger charge is 2.14. The number of carbonyl (C=O) groups is 2. The van der Waals surface area contributed by atoms with Crippen LogP contribution in [0, 0.1) is 0 Å². The van der Waals surface area contributed by atoms with Crippen molar-refractivity contribution in [1.82, 2.24) is 4.72 Å². The Balaban J connectivity index is 1.99. The predicted octanol–water partition coefficient (Wildman–Crippen LogP) is 2.13. The molecule has 1 N–H and O–H groups in total. The first kappa shape index (κ1) is 19.6. The average Bonchev–Trinajstić information content (AvgIpc) is 2.66. The van der Waals surface area contributed by atoms with Gasteiger partial charge in [0.05, 0.1) is 23.1 Å². The van der Waals surface area contributed by atoms with E-state index in [0.29, 0.717) is 11.1 Å². The maximum atomic E-state index is 12.1. The lowest BCUT2D eigenvalue weighted by Crippen LogP contribution is -2.23. The number of carbonyl (C=O) groups excluding carboxylic acids is 2. The molecule has 0 fully saturated rings. The smallest absolute Gasteiger partial charge is 0.338 e. The Kier molecular flexibility index (Phi) is 6.48. The van der Waals surface area contributed by atoms with Gasteiger partial charge in [-0.1, -0.05) is 19.1 Å². The minimum absolute atomic E-state index is 0.0255. The summed E-state index contributed by atoms with van der Waals surface area (Å²) in [6.45, 7) is 1.99. The highest BCUT2D eigenvalue weighted by atomic mass is 32.2. The lowest BCUT2D eigenvalue weighted by atomic mass is 10.1. The summed E-state index contributed by atoms with van der Waals surface area (Å²) in [6.07, 6.45) is 0. The van der Waals surface area contributed by atoms with Crippen LogP contribution in [0.4, 0.5) is 0 Å². The van der Waals surface area contributed by atoms with E-state index >= 15 is 0 Å². The van der Waals surface area contributed by atoms with Crippen molar-refractivity contribution >= 4 is 22.0 Å². The number of sulfonamides is 1. The molecule has 0 heterocycles. The quantitative estimate of drug-likeness (QED) is 0.742. The molecular weight excluding hydrogens is 358 g/mol. The summed E-state index contributed by atoms with van der Waals surface area (Å²) in [5.74, 6) is -1.02. The Bertz CT molecular complexity index is 873. The second-order valence-electron chi connectivity index (χ2n) is 5.29. The van der Waals surface area contributed by atoms with Crippen molar-refractivity contribution in [3.8, 4) is 0 Å². The van der Waals surface area contributed by atoms with Gasteiger partial charge in [-0.2, -0.15) is 0 Å². The van der Waals surface area contributed by atoms with Gasteiger partial charge >= 0.3 is 11.9 Å². The van der Waals surface area contributed by atoms with Gasteiger partial charge in [0.15, 0.2) is 0 Å². The van der Waals surface area contributed by atoms with E-state index in [1.54, 1.807) is 31.2 Å². The van der Waals surface area contributed by atoms with Gasteiger partial charge in [-0.05, 0) is 42.0 Å². The van der Waals surface area contributed by atoms with Gasteiger partial charge in [0, 0.05) is 6.54 Å². The van der Waals surface area contributed by atoms with Gasteiger partial charge in [0.1, 0.15) is 6.61 Å². The van der Waals surface area contributed by atoms with E-state index in [-0.39, 0.29) is 23.6 Å². The average molecular weight is 377 g/mol. The highest BCUT2D eigenvalue weighted by Crippen LogP contribution is 2.13. The Morgan fingerprint density at radius 3 is 2.00 bits per heavy atom. The number of methoxy groups -OCH3 is 1. The van der Waals surface area contributed by atoms with Gasteiger partial charge in [0.25, 0.3) is 0 Å². The molecule has 7 nitrogen and oxygen atoms in total. The van der Waals surface area contributed by atoms with Gasteiger partial charge < -0.3 is 9.47 Å². The van der Waals surface area contributed by atoms with E-state index in [9.17, 15) is 18.0 Å². The van der Waals surface area contributed by atoms with Crippen LogP contribution in [0.2, 0.25) is 0 Å². The second-order valence-corrected chi connectivity index (χ2v) is 7.06. The summed E-state index contributed by atoms with van der Waals surface area (Å²) in [7, 11) is -2.26. The molecule has 0 aliphatic rings. The van der Waals surface area contributed by atoms with Crippen molar-refractivity contribution < 1.29 is 27.5 Å². The Morgan fingerprint density at radius 2 is 1.46 bits per heavy atom. The molecule has 0 radical (unpaired) electrons. The van der Waals surface area contributed by atoms with Crippen molar-refractivity contribution in [2.75, 3.05) is 13.7 Å². The second kappa shape index (κ2) is 8.59. The molecule has 2 aromatic rings. The monoisotopic (exact) mass is 377 g/mol. The van der Waals surface area contributed by atoms with Crippen molar-refractivity contribution in [2.45, 2.75) is 18.4 Å². The number of esters is 2.